The van der Waals surface area contributed by atoms with E-state index in [-0.39, 0.29) is 0 Å². The number of ether oxygens (including phenoxy) is 2. The van der Waals surface area contributed by atoms with Crippen LogP contribution in [0.25, 0.3) is 10.9 Å². The van der Waals surface area contributed by atoms with E-state index in [0.29, 0.717) is 11.7 Å². The fourth-order valence-corrected chi connectivity index (χ4v) is 2.16. The van der Waals surface area contributed by atoms with Crippen LogP contribution >= 0.6 is 0 Å². The molecule has 1 aliphatic rings. The van der Waals surface area contributed by atoms with E-state index >= 15 is 0 Å². The van der Waals surface area contributed by atoms with Crippen molar-refractivity contribution in [1.29, 1.82) is 0 Å². The van der Waals surface area contributed by atoms with Gasteiger partial charge in [0.25, 0.3) is 0 Å². The van der Waals surface area contributed by atoms with Gasteiger partial charge >= 0.3 is 0 Å². The van der Waals surface area contributed by atoms with Gasteiger partial charge in [-0.3, -0.25) is 0 Å². The minimum atomic E-state index is 0.557. The molecule has 1 aromatic heterocycles. The molecular formula is C16H22N2O2. The van der Waals surface area contributed by atoms with Crippen LogP contribution in [0.4, 0.5) is 0 Å². The molecule has 1 aromatic carbocycles. The first-order valence-electron chi connectivity index (χ1n) is 7.13. The smallest absolute Gasteiger partial charge is 0.162 e. The maximum Gasteiger partial charge on any atom is 0.162 e. The molecule has 108 valence electrons. The molecule has 2 aromatic rings. The van der Waals surface area contributed by atoms with Crippen LogP contribution in [0.3, 0.4) is 0 Å². The van der Waals surface area contributed by atoms with Crippen LogP contribution in [-0.4, -0.2) is 24.2 Å². The van der Waals surface area contributed by atoms with Crippen molar-refractivity contribution in [2.75, 3.05) is 14.2 Å². The van der Waals surface area contributed by atoms with E-state index in [2.05, 4.69) is 9.97 Å². The minimum absolute atomic E-state index is 0.557. The Morgan fingerprint density at radius 3 is 2.15 bits per heavy atom. The standard InChI is InChI=1S/C14H16N2O2.C2H6/c1-8-10-6-12(17-2)13(18-3)7-11(10)16-14(15-8)9-4-5-9;1-2/h6-7,9H,4-5H2,1-3H3;1-2H3. The third-order valence-corrected chi connectivity index (χ3v) is 3.35. The SMILES string of the molecule is CC.COc1cc2nc(C3CC3)nc(C)c2cc1OC. The molecule has 0 saturated heterocycles. The Bertz CT molecular complexity index is 607. The van der Waals surface area contributed by atoms with E-state index in [0.717, 1.165) is 28.2 Å². The van der Waals surface area contributed by atoms with E-state index < -0.39 is 0 Å². The molecule has 0 radical (unpaired) electrons. The summed E-state index contributed by atoms with van der Waals surface area (Å²) < 4.78 is 10.6. The topological polar surface area (TPSA) is 44.2 Å². The Labute approximate surface area is 120 Å². The predicted octanol–water partition coefficient (Wildman–Crippen LogP) is 3.86. The molecule has 1 heterocycles. The fraction of sp³-hybridized carbons (Fsp3) is 0.500. The number of benzene rings is 1. The molecule has 0 bridgehead atoms. The lowest BCUT2D eigenvalue weighted by atomic mass is 10.1. The number of fused-ring (bicyclic) bond motifs is 1. The summed E-state index contributed by atoms with van der Waals surface area (Å²) in [5, 5.41) is 1.03. The van der Waals surface area contributed by atoms with Crippen molar-refractivity contribution in [3.05, 3.63) is 23.7 Å². The van der Waals surface area contributed by atoms with Gasteiger partial charge < -0.3 is 9.47 Å². The minimum Gasteiger partial charge on any atom is -0.493 e. The second-order valence-electron chi connectivity index (χ2n) is 4.67. The molecule has 0 N–H and O–H groups in total. The van der Waals surface area contributed by atoms with Gasteiger partial charge in [0.2, 0.25) is 0 Å². The maximum absolute atomic E-state index is 5.31. The lowest BCUT2D eigenvalue weighted by Crippen LogP contribution is -1.98. The number of methoxy groups -OCH3 is 2. The van der Waals surface area contributed by atoms with E-state index in [1.807, 2.05) is 32.9 Å². The summed E-state index contributed by atoms with van der Waals surface area (Å²) in [5.41, 5.74) is 1.94. The van der Waals surface area contributed by atoms with Gasteiger partial charge in [-0.2, -0.15) is 0 Å². The number of hydrogen-bond acceptors (Lipinski definition) is 4. The van der Waals surface area contributed by atoms with Crippen LogP contribution in [0.15, 0.2) is 12.1 Å². The van der Waals surface area contributed by atoms with E-state index in [1.165, 1.54) is 12.8 Å². The molecule has 0 unspecified atom stereocenters. The second-order valence-corrected chi connectivity index (χ2v) is 4.67. The molecule has 1 aliphatic carbocycles. The lowest BCUT2D eigenvalue weighted by Gasteiger charge is -2.10. The van der Waals surface area contributed by atoms with Crippen molar-refractivity contribution in [2.45, 2.75) is 39.5 Å². The van der Waals surface area contributed by atoms with Gasteiger partial charge in [-0.15, -0.1) is 0 Å². The van der Waals surface area contributed by atoms with Crippen LogP contribution in [0, 0.1) is 6.92 Å². The highest BCUT2D eigenvalue weighted by Gasteiger charge is 2.27. The van der Waals surface area contributed by atoms with Crippen molar-refractivity contribution in [3.8, 4) is 11.5 Å². The van der Waals surface area contributed by atoms with Gasteiger partial charge in [-0.05, 0) is 25.8 Å². The first-order chi connectivity index (χ1) is 9.72. The number of aryl methyl sites for hydroxylation is 1. The molecule has 0 amide bonds. The van der Waals surface area contributed by atoms with Crippen LogP contribution in [0.2, 0.25) is 0 Å². The fourth-order valence-electron chi connectivity index (χ4n) is 2.16. The average molecular weight is 274 g/mol. The summed E-state index contributed by atoms with van der Waals surface area (Å²) in [5.74, 6) is 2.95. The monoisotopic (exact) mass is 274 g/mol. The highest BCUT2D eigenvalue weighted by Crippen LogP contribution is 2.39. The summed E-state index contributed by atoms with van der Waals surface area (Å²) in [6, 6.07) is 3.87. The second kappa shape index (κ2) is 6.07. The van der Waals surface area contributed by atoms with E-state index in [1.54, 1.807) is 14.2 Å². The lowest BCUT2D eigenvalue weighted by molar-refractivity contribution is 0.355. The van der Waals surface area contributed by atoms with Crippen LogP contribution in [0.1, 0.15) is 44.1 Å². The number of rotatable bonds is 3. The Morgan fingerprint density at radius 1 is 1.00 bits per heavy atom. The summed E-state index contributed by atoms with van der Waals surface area (Å²) in [6.07, 6.45) is 2.41. The van der Waals surface area contributed by atoms with Crippen LogP contribution in [-0.2, 0) is 0 Å². The van der Waals surface area contributed by atoms with Crippen molar-refractivity contribution >= 4 is 10.9 Å². The van der Waals surface area contributed by atoms with Gasteiger partial charge in [-0.25, -0.2) is 9.97 Å². The first-order valence-corrected chi connectivity index (χ1v) is 7.13. The zero-order valence-electron chi connectivity index (χ0n) is 12.9. The maximum atomic E-state index is 5.31. The van der Waals surface area contributed by atoms with Crippen molar-refractivity contribution < 1.29 is 9.47 Å². The first kappa shape index (κ1) is 14.6. The zero-order valence-corrected chi connectivity index (χ0v) is 12.9. The highest BCUT2D eigenvalue weighted by atomic mass is 16.5. The predicted molar refractivity (Wildman–Crippen MR) is 80.7 cm³/mol. The van der Waals surface area contributed by atoms with Gasteiger partial charge in [-0.1, -0.05) is 13.8 Å². The number of hydrogen-bond donors (Lipinski definition) is 0. The van der Waals surface area contributed by atoms with E-state index in [9.17, 15) is 0 Å². The molecule has 0 spiro atoms. The molecule has 0 aliphatic heterocycles. The summed E-state index contributed by atoms with van der Waals surface area (Å²) in [6.45, 7) is 6.02. The van der Waals surface area contributed by atoms with Gasteiger partial charge in [0, 0.05) is 23.1 Å². The van der Waals surface area contributed by atoms with Crippen LogP contribution in [0.5, 0.6) is 11.5 Å². The summed E-state index contributed by atoms with van der Waals surface area (Å²) in [7, 11) is 3.28. The molecule has 4 nitrogen and oxygen atoms in total. The molecule has 20 heavy (non-hydrogen) atoms. The van der Waals surface area contributed by atoms with Crippen LogP contribution < -0.4 is 9.47 Å². The third kappa shape index (κ3) is 2.69. The normalized spacial score (nSPS) is 13.7. The van der Waals surface area contributed by atoms with Gasteiger partial charge in [0.1, 0.15) is 5.82 Å². The van der Waals surface area contributed by atoms with E-state index in [4.69, 9.17) is 9.47 Å². The molecular weight excluding hydrogens is 252 g/mol. The third-order valence-electron chi connectivity index (χ3n) is 3.35. The zero-order chi connectivity index (χ0) is 14.7. The van der Waals surface area contributed by atoms with Gasteiger partial charge in [0.15, 0.2) is 11.5 Å². The van der Waals surface area contributed by atoms with Gasteiger partial charge in [0.05, 0.1) is 19.7 Å². The van der Waals surface area contributed by atoms with Crippen molar-refractivity contribution in [3.63, 3.8) is 0 Å². The molecule has 3 rings (SSSR count). The average Bonchev–Trinajstić information content (AvgIpc) is 3.32. The largest absolute Gasteiger partial charge is 0.493 e. The Morgan fingerprint density at radius 2 is 1.60 bits per heavy atom. The summed E-state index contributed by atoms with van der Waals surface area (Å²) >= 11 is 0. The quantitative estimate of drug-likeness (QED) is 0.852. The Balaban J connectivity index is 0.000000704. The number of nitrogens with zero attached hydrogens (tertiary/aromatic N) is 2. The Hall–Kier alpha value is -1.84. The van der Waals surface area contributed by atoms with Crippen molar-refractivity contribution in [2.24, 2.45) is 0 Å². The molecule has 1 saturated carbocycles. The summed E-state index contributed by atoms with van der Waals surface area (Å²) in [4.78, 5) is 9.22. The van der Waals surface area contributed by atoms with Crippen molar-refractivity contribution in [1.82, 2.24) is 9.97 Å². The molecule has 0 atom stereocenters. The Kier molecular flexibility index (Phi) is 4.42. The molecule has 1 fully saturated rings. The molecule has 4 heteroatoms. The number of aromatic nitrogens is 2. The highest BCUT2D eigenvalue weighted by molar-refractivity contribution is 5.84.